The Kier molecular flexibility index (Phi) is 6.10. The minimum Gasteiger partial charge on any atom is -0.356 e. The van der Waals surface area contributed by atoms with Crippen molar-refractivity contribution in [2.24, 2.45) is 4.99 Å². The molecule has 0 saturated heterocycles. The average Bonchev–Trinajstić information content (AvgIpc) is 2.53. The van der Waals surface area contributed by atoms with E-state index in [0.29, 0.717) is 0 Å². The molecule has 0 fully saturated rings. The van der Waals surface area contributed by atoms with Crippen molar-refractivity contribution in [3.05, 3.63) is 70.7 Å². The Bertz CT molecular complexity index is 564. The van der Waals surface area contributed by atoms with Crippen LogP contribution in [0.15, 0.2) is 59.6 Å². The van der Waals surface area contributed by atoms with Gasteiger partial charge in [-0.3, -0.25) is 4.99 Å². The van der Waals surface area contributed by atoms with Gasteiger partial charge < -0.3 is 10.6 Å². The second-order valence-electron chi connectivity index (χ2n) is 4.71. The molecule has 0 aliphatic heterocycles. The Labute approximate surface area is 131 Å². The quantitative estimate of drug-likeness (QED) is 0.657. The highest BCUT2D eigenvalue weighted by atomic mass is 35.5. The van der Waals surface area contributed by atoms with Gasteiger partial charge in [-0.2, -0.15) is 0 Å². The Balaban J connectivity index is 1.74. The molecule has 0 heterocycles. The molecule has 2 rings (SSSR count). The standard InChI is InChI=1S/C17H20ClN3/c1-19-17(21-13-15-5-3-2-4-6-15)20-12-11-14-7-9-16(18)10-8-14/h2-10H,11-13H2,1H3,(H2,19,20,21). The number of benzene rings is 2. The van der Waals surface area contributed by atoms with E-state index < -0.39 is 0 Å². The third-order valence-electron chi connectivity index (χ3n) is 3.15. The largest absolute Gasteiger partial charge is 0.356 e. The summed E-state index contributed by atoms with van der Waals surface area (Å²) in [5, 5.41) is 7.38. The van der Waals surface area contributed by atoms with E-state index in [1.54, 1.807) is 7.05 Å². The van der Waals surface area contributed by atoms with Crippen molar-refractivity contribution in [1.82, 2.24) is 10.6 Å². The van der Waals surface area contributed by atoms with Crippen molar-refractivity contribution in [3.63, 3.8) is 0 Å². The van der Waals surface area contributed by atoms with E-state index >= 15 is 0 Å². The number of nitrogens with zero attached hydrogens (tertiary/aromatic N) is 1. The van der Waals surface area contributed by atoms with Gasteiger partial charge in [0.25, 0.3) is 0 Å². The van der Waals surface area contributed by atoms with Gasteiger partial charge in [0.15, 0.2) is 5.96 Å². The highest BCUT2D eigenvalue weighted by Crippen LogP contribution is 2.09. The van der Waals surface area contributed by atoms with Gasteiger partial charge in [0.2, 0.25) is 0 Å². The van der Waals surface area contributed by atoms with Gasteiger partial charge in [0.05, 0.1) is 0 Å². The third-order valence-corrected chi connectivity index (χ3v) is 3.40. The van der Waals surface area contributed by atoms with E-state index in [-0.39, 0.29) is 0 Å². The lowest BCUT2D eigenvalue weighted by Gasteiger charge is -2.12. The zero-order chi connectivity index (χ0) is 14.9. The molecule has 0 saturated carbocycles. The molecule has 3 nitrogen and oxygen atoms in total. The molecule has 0 aromatic heterocycles. The van der Waals surface area contributed by atoms with E-state index in [1.807, 2.05) is 42.5 Å². The molecule has 0 aliphatic carbocycles. The van der Waals surface area contributed by atoms with Gasteiger partial charge in [-0.1, -0.05) is 54.1 Å². The number of aliphatic imine (C=N–C) groups is 1. The van der Waals surface area contributed by atoms with Gasteiger partial charge in [-0.05, 0) is 29.7 Å². The normalized spacial score (nSPS) is 11.2. The lowest BCUT2D eigenvalue weighted by atomic mass is 10.1. The van der Waals surface area contributed by atoms with Crippen LogP contribution < -0.4 is 10.6 Å². The van der Waals surface area contributed by atoms with Gasteiger partial charge in [-0.15, -0.1) is 0 Å². The monoisotopic (exact) mass is 301 g/mol. The Morgan fingerprint density at radius 2 is 1.67 bits per heavy atom. The summed E-state index contributed by atoms with van der Waals surface area (Å²) in [5.41, 5.74) is 2.49. The SMILES string of the molecule is CN=C(NCCc1ccc(Cl)cc1)NCc1ccccc1. The predicted octanol–water partition coefficient (Wildman–Crippen LogP) is 3.25. The molecule has 2 aromatic carbocycles. The number of rotatable bonds is 5. The lowest BCUT2D eigenvalue weighted by Crippen LogP contribution is -2.37. The average molecular weight is 302 g/mol. The van der Waals surface area contributed by atoms with Gasteiger partial charge in [0, 0.05) is 25.2 Å². The minimum absolute atomic E-state index is 0.765. The summed E-state index contributed by atoms with van der Waals surface area (Å²) in [4.78, 5) is 4.22. The molecule has 0 radical (unpaired) electrons. The highest BCUT2D eigenvalue weighted by Gasteiger charge is 1.98. The van der Waals surface area contributed by atoms with Gasteiger partial charge in [0.1, 0.15) is 0 Å². The summed E-state index contributed by atoms with van der Waals surface area (Å²) >= 11 is 5.87. The molecule has 0 bridgehead atoms. The molecule has 4 heteroatoms. The number of hydrogen-bond acceptors (Lipinski definition) is 1. The second kappa shape index (κ2) is 8.32. The zero-order valence-electron chi connectivity index (χ0n) is 12.1. The fraction of sp³-hybridized carbons (Fsp3) is 0.235. The zero-order valence-corrected chi connectivity index (χ0v) is 12.9. The summed E-state index contributed by atoms with van der Waals surface area (Å²) in [7, 11) is 1.78. The van der Waals surface area contributed by atoms with E-state index in [2.05, 4.69) is 27.8 Å². The Morgan fingerprint density at radius 1 is 0.952 bits per heavy atom. The molecular weight excluding hydrogens is 282 g/mol. The molecule has 0 spiro atoms. The Morgan fingerprint density at radius 3 is 2.33 bits per heavy atom. The maximum Gasteiger partial charge on any atom is 0.191 e. The van der Waals surface area contributed by atoms with E-state index in [9.17, 15) is 0 Å². The van der Waals surface area contributed by atoms with Crippen LogP contribution in [0.1, 0.15) is 11.1 Å². The van der Waals surface area contributed by atoms with E-state index in [1.165, 1.54) is 11.1 Å². The van der Waals surface area contributed by atoms with Crippen LogP contribution in [-0.4, -0.2) is 19.6 Å². The smallest absolute Gasteiger partial charge is 0.191 e. The van der Waals surface area contributed by atoms with Crippen LogP contribution in [0.2, 0.25) is 5.02 Å². The van der Waals surface area contributed by atoms with Gasteiger partial charge in [-0.25, -0.2) is 0 Å². The maximum atomic E-state index is 5.87. The topological polar surface area (TPSA) is 36.4 Å². The van der Waals surface area contributed by atoms with Crippen molar-refractivity contribution in [2.45, 2.75) is 13.0 Å². The van der Waals surface area contributed by atoms with E-state index in [4.69, 9.17) is 11.6 Å². The van der Waals surface area contributed by atoms with Crippen molar-refractivity contribution < 1.29 is 0 Å². The maximum absolute atomic E-state index is 5.87. The van der Waals surface area contributed by atoms with Crippen LogP contribution in [0.5, 0.6) is 0 Å². The van der Waals surface area contributed by atoms with Crippen LogP contribution in [0.25, 0.3) is 0 Å². The van der Waals surface area contributed by atoms with Crippen molar-refractivity contribution >= 4 is 17.6 Å². The molecular formula is C17H20ClN3. The fourth-order valence-electron chi connectivity index (χ4n) is 1.98. The number of hydrogen-bond donors (Lipinski definition) is 2. The van der Waals surface area contributed by atoms with Crippen LogP contribution in [0.3, 0.4) is 0 Å². The van der Waals surface area contributed by atoms with Crippen LogP contribution in [0, 0.1) is 0 Å². The summed E-state index contributed by atoms with van der Waals surface area (Å²) in [6.07, 6.45) is 0.934. The van der Waals surface area contributed by atoms with Crippen LogP contribution in [0.4, 0.5) is 0 Å². The highest BCUT2D eigenvalue weighted by molar-refractivity contribution is 6.30. The molecule has 0 aliphatic rings. The molecule has 2 aromatic rings. The summed E-state index contributed by atoms with van der Waals surface area (Å²) in [6.45, 7) is 1.59. The molecule has 2 N–H and O–H groups in total. The molecule has 0 amide bonds. The summed E-state index contributed by atoms with van der Waals surface area (Å²) in [6, 6.07) is 18.2. The van der Waals surface area contributed by atoms with Crippen molar-refractivity contribution in [2.75, 3.05) is 13.6 Å². The number of guanidine groups is 1. The minimum atomic E-state index is 0.765. The van der Waals surface area contributed by atoms with E-state index in [0.717, 1.165) is 30.5 Å². The first kappa shape index (κ1) is 15.4. The Hall–Kier alpha value is -2.00. The van der Waals surface area contributed by atoms with Gasteiger partial charge >= 0.3 is 0 Å². The van der Waals surface area contributed by atoms with Crippen molar-refractivity contribution in [1.29, 1.82) is 0 Å². The second-order valence-corrected chi connectivity index (χ2v) is 5.15. The lowest BCUT2D eigenvalue weighted by molar-refractivity contribution is 0.794. The predicted molar refractivity (Wildman–Crippen MR) is 89.8 cm³/mol. The number of nitrogens with one attached hydrogen (secondary N) is 2. The summed E-state index contributed by atoms with van der Waals surface area (Å²) in [5.74, 6) is 0.813. The third kappa shape index (κ3) is 5.48. The molecule has 21 heavy (non-hydrogen) atoms. The molecule has 0 atom stereocenters. The fourth-order valence-corrected chi connectivity index (χ4v) is 2.10. The molecule has 110 valence electrons. The molecule has 0 unspecified atom stereocenters. The van der Waals surface area contributed by atoms with Crippen LogP contribution in [-0.2, 0) is 13.0 Å². The van der Waals surface area contributed by atoms with Crippen LogP contribution >= 0.6 is 11.6 Å². The first-order chi connectivity index (χ1) is 10.3. The number of halogens is 1. The first-order valence-electron chi connectivity index (χ1n) is 7.01. The summed E-state index contributed by atoms with van der Waals surface area (Å²) < 4.78 is 0. The van der Waals surface area contributed by atoms with Crippen molar-refractivity contribution in [3.8, 4) is 0 Å². The first-order valence-corrected chi connectivity index (χ1v) is 7.38.